The molecule has 0 saturated carbocycles. The number of carbonyl (C=O) groups is 1. The topological polar surface area (TPSA) is 111 Å². The molecule has 7 nitrogen and oxygen atoms in total. The third kappa shape index (κ3) is 4.80. The van der Waals surface area contributed by atoms with Gasteiger partial charge in [-0.3, -0.25) is 0 Å². The molecule has 2 aliphatic rings. The molecule has 0 fully saturated rings. The first kappa shape index (κ1) is 25.2. The average molecular weight is 520 g/mol. The fourth-order valence-electron chi connectivity index (χ4n) is 4.99. The maximum absolute atomic E-state index is 13.2. The van der Waals surface area contributed by atoms with Crippen LogP contribution in [-0.2, 0) is 21.5 Å². The standard InChI is InChI=1S/C29H29NO6S/c30-11-3-13-34-12-2-1-4-21(37)14-18-5-8-23-22(15-18)28(33)36-29(23)24-9-6-19(31)16-26(24)35-27-17-20(32)7-10-25(27)29/h5-10,15-17,31-32H,1-4,11-14,30H2. The molecule has 0 aliphatic carbocycles. The summed E-state index contributed by atoms with van der Waals surface area (Å²) in [6.45, 7) is 2.04. The zero-order chi connectivity index (χ0) is 26.0. The van der Waals surface area contributed by atoms with Gasteiger partial charge in [0, 0.05) is 48.5 Å². The molecule has 0 unspecified atom stereocenters. The highest BCUT2D eigenvalue weighted by Gasteiger charge is 2.53. The van der Waals surface area contributed by atoms with Crippen LogP contribution in [0.5, 0.6) is 23.0 Å². The van der Waals surface area contributed by atoms with E-state index in [2.05, 4.69) is 0 Å². The van der Waals surface area contributed by atoms with Gasteiger partial charge < -0.3 is 30.2 Å². The highest BCUT2D eigenvalue weighted by atomic mass is 32.1. The van der Waals surface area contributed by atoms with E-state index in [1.54, 1.807) is 12.1 Å². The van der Waals surface area contributed by atoms with E-state index in [-0.39, 0.29) is 11.5 Å². The molecule has 1 spiro atoms. The summed E-state index contributed by atoms with van der Waals surface area (Å²) < 4.78 is 17.7. The molecule has 2 heterocycles. The quantitative estimate of drug-likeness (QED) is 0.192. The lowest BCUT2D eigenvalue weighted by atomic mass is 9.77. The van der Waals surface area contributed by atoms with Gasteiger partial charge in [-0.05, 0) is 73.0 Å². The van der Waals surface area contributed by atoms with Gasteiger partial charge in [-0.15, -0.1) is 0 Å². The van der Waals surface area contributed by atoms with Crippen molar-refractivity contribution in [2.45, 2.75) is 37.7 Å². The van der Waals surface area contributed by atoms with Gasteiger partial charge in [-0.25, -0.2) is 4.79 Å². The monoisotopic (exact) mass is 519 g/mol. The molecule has 2 aliphatic heterocycles. The summed E-state index contributed by atoms with van der Waals surface area (Å²) in [6, 6.07) is 15.2. The average Bonchev–Trinajstić information content (AvgIpc) is 3.15. The third-order valence-electron chi connectivity index (χ3n) is 6.73. The van der Waals surface area contributed by atoms with Crippen molar-refractivity contribution in [3.63, 3.8) is 0 Å². The number of phenols is 2. The predicted molar refractivity (Wildman–Crippen MR) is 143 cm³/mol. The van der Waals surface area contributed by atoms with Crippen molar-refractivity contribution in [3.8, 4) is 23.0 Å². The number of aromatic hydroxyl groups is 2. The predicted octanol–water partition coefficient (Wildman–Crippen LogP) is 5.11. The minimum absolute atomic E-state index is 0.0213. The van der Waals surface area contributed by atoms with Crippen LogP contribution in [0.1, 0.15) is 58.3 Å². The van der Waals surface area contributed by atoms with E-state index in [9.17, 15) is 15.0 Å². The van der Waals surface area contributed by atoms with E-state index < -0.39 is 11.6 Å². The molecular weight excluding hydrogens is 490 g/mol. The lowest BCUT2D eigenvalue weighted by molar-refractivity contribution is 0.0224. The first-order valence-electron chi connectivity index (χ1n) is 12.4. The molecule has 3 aromatic carbocycles. The minimum atomic E-state index is -1.25. The SMILES string of the molecule is NCCCOCCCCC(=S)Cc1ccc2c(c1)C(=O)OC21c2ccc(O)cc2Oc2cc(O)ccc21. The second-order valence-electron chi connectivity index (χ2n) is 9.34. The number of rotatable bonds is 10. The number of fused-ring (bicyclic) bond motifs is 6. The fourth-order valence-corrected chi connectivity index (χ4v) is 5.30. The summed E-state index contributed by atoms with van der Waals surface area (Å²) in [4.78, 5) is 14.2. The number of unbranched alkanes of at least 4 members (excludes halogenated alkanes) is 1. The van der Waals surface area contributed by atoms with Crippen LogP contribution < -0.4 is 10.5 Å². The Bertz CT molecular complexity index is 1300. The first-order chi connectivity index (χ1) is 17.9. The number of hydrogen-bond donors (Lipinski definition) is 3. The van der Waals surface area contributed by atoms with Gasteiger partial charge in [0.25, 0.3) is 0 Å². The molecule has 0 amide bonds. The van der Waals surface area contributed by atoms with E-state index >= 15 is 0 Å². The molecule has 0 atom stereocenters. The second kappa shape index (κ2) is 10.5. The van der Waals surface area contributed by atoms with Crippen LogP contribution in [0.2, 0.25) is 0 Å². The van der Waals surface area contributed by atoms with E-state index in [1.165, 1.54) is 24.3 Å². The lowest BCUT2D eigenvalue weighted by Gasteiger charge is -2.36. The van der Waals surface area contributed by atoms with Gasteiger partial charge in [-0.1, -0.05) is 24.4 Å². The highest BCUT2D eigenvalue weighted by Crippen LogP contribution is 2.57. The molecule has 8 heteroatoms. The van der Waals surface area contributed by atoms with Crippen LogP contribution in [0.25, 0.3) is 0 Å². The Kier molecular flexibility index (Phi) is 7.15. The normalized spacial score (nSPS) is 14.5. The number of ether oxygens (including phenoxy) is 3. The zero-order valence-corrected chi connectivity index (χ0v) is 21.2. The lowest BCUT2D eigenvalue weighted by Crippen LogP contribution is -2.32. The first-order valence-corrected chi connectivity index (χ1v) is 12.8. The summed E-state index contributed by atoms with van der Waals surface area (Å²) in [7, 11) is 0. The van der Waals surface area contributed by atoms with Gasteiger partial charge in [-0.2, -0.15) is 0 Å². The van der Waals surface area contributed by atoms with E-state index in [4.69, 9.17) is 32.2 Å². The number of nitrogens with two attached hydrogens (primary N) is 1. The summed E-state index contributed by atoms with van der Waals surface area (Å²) in [5.41, 5.74) is 7.52. The molecule has 4 N–H and O–H groups in total. The maximum Gasteiger partial charge on any atom is 0.340 e. The van der Waals surface area contributed by atoms with Crippen LogP contribution in [-0.4, -0.2) is 40.8 Å². The molecule has 0 bridgehead atoms. The smallest absolute Gasteiger partial charge is 0.340 e. The Labute approximate surface area is 220 Å². The largest absolute Gasteiger partial charge is 0.508 e. The van der Waals surface area contributed by atoms with Gasteiger partial charge in [0.1, 0.15) is 23.0 Å². The van der Waals surface area contributed by atoms with Gasteiger partial charge >= 0.3 is 5.97 Å². The van der Waals surface area contributed by atoms with Crippen LogP contribution in [0, 0.1) is 0 Å². The van der Waals surface area contributed by atoms with Crippen molar-refractivity contribution in [2.75, 3.05) is 19.8 Å². The minimum Gasteiger partial charge on any atom is -0.508 e. The zero-order valence-electron chi connectivity index (χ0n) is 20.4. The van der Waals surface area contributed by atoms with Crippen molar-refractivity contribution in [1.82, 2.24) is 0 Å². The number of hydrogen-bond acceptors (Lipinski definition) is 8. The second-order valence-corrected chi connectivity index (χ2v) is 9.92. The van der Waals surface area contributed by atoms with Gasteiger partial charge in [0.2, 0.25) is 0 Å². The molecule has 5 rings (SSSR count). The van der Waals surface area contributed by atoms with Crippen molar-refractivity contribution < 1.29 is 29.2 Å². The fraction of sp³-hybridized carbons (Fsp3) is 0.310. The number of esters is 1. The summed E-state index contributed by atoms with van der Waals surface area (Å²) >= 11 is 5.62. The number of thiocarbonyl (C=S) groups is 1. The Balaban J connectivity index is 1.39. The number of phenolic OH excluding ortho intramolecular Hbond substituents is 2. The molecule has 3 aromatic rings. The molecule has 0 radical (unpaired) electrons. The molecular formula is C29H29NO6S. The Morgan fingerprint density at radius 1 is 0.892 bits per heavy atom. The summed E-state index contributed by atoms with van der Waals surface area (Å²) in [5, 5.41) is 20.1. The summed E-state index contributed by atoms with van der Waals surface area (Å²) in [5.74, 6) is 0.311. The molecule has 0 aromatic heterocycles. The van der Waals surface area contributed by atoms with Crippen LogP contribution >= 0.6 is 12.2 Å². The van der Waals surface area contributed by atoms with Gasteiger partial charge in [0.15, 0.2) is 5.60 Å². The maximum atomic E-state index is 13.2. The third-order valence-corrected chi connectivity index (χ3v) is 7.07. The van der Waals surface area contributed by atoms with E-state index in [1.807, 2.05) is 18.2 Å². The van der Waals surface area contributed by atoms with E-state index in [0.29, 0.717) is 59.9 Å². The van der Waals surface area contributed by atoms with Crippen molar-refractivity contribution in [1.29, 1.82) is 0 Å². The molecule has 37 heavy (non-hydrogen) atoms. The van der Waals surface area contributed by atoms with Gasteiger partial charge in [0.05, 0.1) is 5.56 Å². The molecule has 192 valence electrons. The summed E-state index contributed by atoms with van der Waals surface area (Å²) in [6.07, 6.45) is 4.16. The van der Waals surface area contributed by atoms with Crippen LogP contribution in [0.3, 0.4) is 0 Å². The van der Waals surface area contributed by atoms with E-state index in [0.717, 1.165) is 36.1 Å². The Morgan fingerprint density at radius 2 is 1.54 bits per heavy atom. The molecule has 0 saturated heterocycles. The van der Waals surface area contributed by atoms with Crippen LogP contribution in [0.15, 0.2) is 54.6 Å². The van der Waals surface area contributed by atoms with Crippen molar-refractivity contribution in [3.05, 3.63) is 82.4 Å². The highest BCUT2D eigenvalue weighted by molar-refractivity contribution is 7.80. The Hall–Kier alpha value is -3.46. The number of carbonyl (C=O) groups excluding carboxylic acids is 1. The number of benzene rings is 3. The van der Waals surface area contributed by atoms with Crippen molar-refractivity contribution >= 4 is 23.1 Å². The van der Waals surface area contributed by atoms with Crippen LogP contribution in [0.4, 0.5) is 0 Å². The Morgan fingerprint density at radius 3 is 2.22 bits per heavy atom. The van der Waals surface area contributed by atoms with Crippen molar-refractivity contribution in [2.24, 2.45) is 5.73 Å².